The topological polar surface area (TPSA) is 37.4 Å². The van der Waals surface area contributed by atoms with E-state index in [0.717, 1.165) is 12.8 Å². The fourth-order valence-electron chi connectivity index (χ4n) is 2.25. The zero-order valence-corrected chi connectivity index (χ0v) is 11.6. The summed E-state index contributed by atoms with van der Waals surface area (Å²) in [5.41, 5.74) is -0.355. The van der Waals surface area contributed by atoms with Gasteiger partial charge in [-0.15, -0.1) is 0 Å². The average molecular weight is 239 g/mol. The van der Waals surface area contributed by atoms with Crippen LogP contribution in [0.15, 0.2) is 0 Å². The molecule has 1 amide bonds. The molecule has 0 aromatic carbocycles. The second kappa shape index (κ2) is 5.65. The maximum absolute atomic E-state index is 12.0. The van der Waals surface area contributed by atoms with Crippen molar-refractivity contribution in [3.05, 3.63) is 0 Å². The second-order valence-corrected chi connectivity index (χ2v) is 6.16. The van der Waals surface area contributed by atoms with Gasteiger partial charge in [0.1, 0.15) is 5.78 Å². The molecule has 0 radical (unpaired) electrons. The van der Waals surface area contributed by atoms with Crippen molar-refractivity contribution in [1.29, 1.82) is 0 Å². The van der Waals surface area contributed by atoms with Crippen molar-refractivity contribution in [2.75, 3.05) is 13.1 Å². The molecule has 3 heteroatoms. The summed E-state index contributed by atoms with van der Waals surface area (Å²) in [6.45, 7) is 9.42. The zero-order chi connectivity index (χ0) is 13.1. The Morgan fingerprint density at radius 2 is 2.06 bits per heavy atom. The van der Waals surface area contributed by atoms with Gasteiger partial charge in [-0.25, -0.2) is 0 Å². The van der Waals surface area contributed by atoms with Crippen LogP contribution in [0, 0.1) is 11.3 Å². The first-order valence-corrected chi connectivity index (χ1v) is 6.64. The third kappa shape index (κ3) is 4.14. The van der Waals surface area contributed by atoms with E-state index in [9.17, 15) is 9.59 Å². The number of ketones is 1. The van der Waals surface area contributed by atoms with E-state index in [4.69, 9.17) is 0 Å². The van der Waals surface area contributed by atoms with E-state index in [1.165, 1.54) is 0 Å². The highest BCUT2D eigenvalue weighted by Crippen LogP contribution is 2.25. The van der Waals surface area contributed by atoms with Crippen LogP contribution < -0.4 is 0 Å². The Morgan fingerprint density at radius 3 is 2.59 bits per heavy atom. The molecule has 0 N–H and O–H groups in total. The largest absolute Gasteiger partial charge is 0.341 e. The highest BCUT2D eigenvalue weighted by atomic mass is 16.2. The number of nitrogens with zero attached hydrogens (tertiary/aromatic N) is 1. The van der Waals surface area contributed by atoms with Gasteiger partial charge in [0.15, 0.2) is 0 Å². The Morgan fingerprint density at radius 1 is 1.41 bits per heavy atom. The molecule has 0 aromatic heterocycles. The Kier molecular flexibility index (Phi) is 4.72. The lowest BCUT2D eigenvalue weighted by Gasteiger charge is -2.36. The van der Waals surface area contributed by atoms with Gasteiger partial charge in [0.2, 0.25) is 5.91 Å². The molecule has 1 saturated heterocycles. The van der Waals surface area contributed by atoms with Crippen LogP contribution in [0.2, 0.25) is 0 Å². The molecule has 3 nitrogen and oxygen atoms in total. The normalized spacial score (nSPS) is 19.8. The zero-order valence-electron chi connectivity index (χ0n) is 11.6. The quantitative estimate of drug-likeness (QED) is 0.756. The van der Waals surface area contributed by atoms with E-state index >= 15 is 0 Å². The van der Waals surface area contributed by atoms with Crippen molar-refractivity contribution < 1.29 is 9.59 Å². The number of Topliss-reactive ketones (excluding diaryl/α,β-unsaturated/α-hetero) is 1. The lowest BCUT2D eigenvalue weighted by molar-refractivity contribution is -0.141. The molecule has 1 fully saturated rings. The van der Waals surface area contributed by atoms with Crippen LogP contribution in [0.3, 0.4) is 0 Å². The lowest BCUT2D eigenvalue weighted by Crippen LogP contribution is -2.48. The fourth-order valence-corrected chi connectivity index (χ4v) is 2.25. The summed E-state index contributed by atoms with van der Waals surface area (Å²) in [5, 5.41) is 0. The lowest BCUT2D eigenvalue weighted by atomic mass is 9.82. The molecular weight excluding hydrogens is 214 g/mol. The van der Waals surface area contributed by atoms with Gasteiger partial charge in [-0.2, -0.15) is 0 Å². The Hall–Kier alpha value is -0.860. The molecule has 17 heavy (non-hydrogen) atoms. The Bertz CT molecular complexity index is 295. The van der Waals surface area contributed by atoms with Gasteiger partial charge < -0.3 is 4.90 Å². The number of hydrogen-bond acceptors (Lipinski definition) is 2. The second-order valence-electron chi connectivity index (χ2n) is 6.16. The van der Waals surface area contributed by atoms with Crippen LogP contribution in [0.25, 0.3) is 0 Å². The smallest absolute Gasteiger partial charge is 0.222 e. The van der Waals surface area contributed by atoms with Crippen molar-refractivity contribution in [2.45, 2.75) is 53.4 Å². The van der Waals surface area contributed by atoms with Gasteiger partial charge in [0, 0.05) is 31.3 Å². The van der Waals surface area contributed by atoms with Crippen LogP contribution in [0.4, 0.5) is 0 Å². The van der Waals surface area contributed by atoms with Crippen LogP contribution >= 0.6 is 0 Å². The summed E-state index contributed by atoms with van der Waals surface area (Å²) >= 11 is 0. The van der Waals surface area contributed by atoms with Gasteiger partial charge in [0.05, 0.1) is 0 Å². The van der Waals surface area contributed by atoms with E-state index in [1.807, 2.05) is 18.7 Å². The van der Waals surface area contributed by atoms with Crippen molar-refractivity contribution in [1.82, 2.24) is 4.90 Å². The number of piperidine rings is 1. The van der Waals surface area contributed by atoms with Crippen LogP contribution in [-0.2, 0) is 9.59 Å². The molecule has 1 heterocycles. The van der Waals surface area contributed by atoms with Gasteiger partial charge in [-0.05, 0) is 12.3 Å². The highest BCUT2D eigenvalue weighted by molar-refractivity contribution is 5.87. The van der Waals surface area contributed by atoms with Crippen molar-refractivity contribution in [3.63, 3.8) is 0 Å². The third-order valence-corrected chi connectivity index (χ3v) is 3.47. The number of carbonyl (C=O) groups excluding carboxylic acids is 2. The minimum absolute atomic E-state index is 0.214. The van der Waals surface area contributed by atoms with E-state index in [0.29, 0.717) is 31.8 Å². The van der Waals surface area contributed by atoms with E-state index in [-0.39, 0.29) is 17.1 Å². The first-order valence-electron chi connectivity index (χ1n) is 6.64. The number of carbonyl (C=O) groups is 2. The van der Waals surface area contributed by atoms with Crippen molar-refractivity contribution >= 4 is 11.7 Å². The van der Waals surface area contributed by atoms with Crippen molar-refractivity contribution in [2.24, 2.45) is 11.3 Å². The first kappa shape index (κ1) is 14.2. The number of hydrogen-bond donors (Lipinski definition) is 0. The third-order valence-electron chi connectivity index (χ3n) is 3.47. The van der Waals surface area contributed by atoms with Gasteiger partial charge in [-0.3, -0.25) is 9.59 Å². The molecule has 1 rings (SSSR count). The molecule has 0 unspecified atom stereocenters. The van der Waals surface area contributed by atoms with E-state index in [2.05, 4.69) is 13.8 Å². The molecule has 0 atom stereocenters. The van der Waals surface area contributed by atoms with Gasteiger partial charge in [-0.1, -0.05) is 34.1 Å². The Balaban J connectivity index is 2.40. The molecular formula is C14H25NO2. The molecule has 98 valence electrons. The van der Waals surface area contributed by atoms with Crippen LogP contribution in [0.5, 0.6) is 0 Å². The molecule has 1 aliphatic heterocycles. The first-order chi connectivity index (χ1) is 7.83. The maximum atomic E-state index is 12.0. The predicted molar refractivity (Wildman–Crippen MR) is 68.7 cm³/mol. The van der Waals surface area contributed by atoms with Crippen molar-refractivity contribution in [3.8, 4) is 0 Å². The molecule has 1 aliphatic rings. The summed E-state index contributed by atoms with van der Waals surface area (Å²) in [5.74, 6) is 1.15. The minimum atomic E-state index is -0.355. The maximum Gasteiger partial charge on any atom is 0.222 e. The number of rotatable bonds is 4. The molecule has 0 aliphatic carbocycles. The van der Waals surface area contributed by atoms with Crippen LogP contribution in [-0.4, -0.2) is 29.7 Å². The summed E-state index contributed by atoms with van der Waals surface area (Å²) < 4.78 is 0. The highest BCUT2D eigenvalue weighted by Gasteiger charge is 2.35. The number of amides is 1. The molecule has 0 bridgehead atoms. The van der Waals surface area contributed by atoms with E-state index in [1.54, 1.807) is 0 Å². The Labute approximate surface area is 105 Å². The summed E-state index contributed by atoms with van der Waals surface area (Å²) in [4.78, 5) is 25.5. The average Bonchev–Trinajstić information content (AvgIpc) is 2.21. The summed E-state index contributed by atoms with van der Waals surface area (Å²) in [6.07, 6.45) is 3.20. The monoisotopic (exact) mass is 239 g/mol. The van der Waals surface area contributed by atoms with Gasteiger partial charge >= 0.3 is 0 Å². The predicted octanol–water partition coefficient (Wildman–Crippen LogP) is 2.64. The fraction of sp³-hybridized carbons (Fsp3) is 0.857. The number of likely N-dealkylation sites (tertiary alicyclic amines) is 1. The molecule has 0 spiro atoms. The standard InChI is InChI=1S/C14H25NO2/c1-11(2)6-5-7-13(17)15-9-8-12(16)14(3,4)10-15/h11H,5-10H2,1-4H3. The van der Waals surface area contributed by atoms with E-state index < -0.39 is 0 Å². The molecule has 0 saturated carbocycles. The van der Waals surface area contributed by atoms with Gasteiger partial charge in [0.25, 0.3) is 0 Å². The summed E-state index contributed by atoms with van der Waals surface area (Å²) in [6, 6.07) is 0. The minimum Gasteiger partial charge on any atom is -0.341 e. The van der Waals surface area contributed by atoms with Crippen LogP contribution in [0.1, 0.15) is 53.4 Å². The summed E-state index contributed by atoms with van der Waals surface area (Å²) in [7, 11) is 0. The molecule has 0 aromatic rings. The SMILES string of the molecule is CC(C)CCCC(=O)N1CCC(=O)C(C)(C)C1.